The Kier molecular flexibility index (Phi) is 10.2. The van der Waals surface area contributed by atoms with Crippen molar-refractivity contribution in [3.8, 4) is 22.5 Å². The van der Waals surface area contributed by atoms with Gasteiger partial charge in [-0.2, -0.15) is 5.21 Å². The zero-order valence-electron chi connectivity index (χ0n) is 23.9. The number of aromatic amines is 1. The van der Waals surface area contributed by atoms with Gasteiger partial charge >= 0.3 is 0 Å². The first kappa shape index (κ1) is 29.9. The summed E-state index contributed by atoms with van der Waals surface area (Å²) in [6.07, 6.45) is 3.23. The molecule has 2 aromatic heterocycles. The zero-order chi connectivity index (χ0) is 29.4. The normalized spacial score (nSPS) is 12.0. The number of aromatic nitrogens is 6. The number of benzene rings is 2. The van der Waals surface area contributed by atoms with Gasteiger partial charge in [-0.05, 0) is 40.7 Å². The lowest BCUT2D eigenvalue weighted by atomic mass is 9.95. The predicted molar refractivity (Wildman–Crippen MR) is 159 cm³/mol. The fraction of sp³-hybridized carbons (Fsp3) is 0.400. The molecule has 0 aliphatic carbocycles. The average Bonchev–Trinajstić information content (AvgIpc) is 3.61. The van der Waals surface area contributed by atoms with Crippen molar-refractivity contribution in [2.45, 2.75) is 59.5 Å². The van der Waals surface area contributed by atoms with Gasteiger partial charge in [0.05, 0.1) is 12.2 Å². The lowest BCUT2D eigenvalue weighted by Gasteiger charge is -2.18. The van der Waals surface area contributed by atoms with Crippen LogP contribution < -0.4 is 10.6 Å². The second-order valence-corrected chi connectivity index (χ2v) is 10.8. The lowest BCUT2D eigenvalue weighted by Crippen LogP contribution is -2.40. The maximum absolute atomic E-state index is 13.0. The van der Waals surface area contributed by atoms with E-state index in [0.29, 0.717) is 23.9 Å². The largest absolute Gasteiger partial charge is 0.358 e. The van der Waals surface area contributed by atoms with E-state index in [-0.39, 0.29) is 24.3 Å². The van der Waals surface area contributed by atoms with E-state index in [1.807, 2.05) is 38.1 Å². The number of imidazole rings is 1. The van der Waals surface area contributed by atoms with E-state index in [1.165, 1.54) is 0 Å². The van der Waals surface area contributed by atoms with E-state index in [4.69, 9.17) is 11.6 Å². The number of halogens is 1. The Morgan fingerprint density at radius 3 is 2.41 bits per heavy atom. The standard InChI is InChI=1S/C30H37ClN8O2/c1-5-6-11-26-34-27(31)25(17-33-30(41)24(16-19(2)3)29(40)32-4)39(26)18-20-12-14-21(15-13-20)22-9-7-8-10-23(22)28-35-37-38-36-28/h7-10,12-15,19,24H,5-6,11,16-18H2,1-4H3,(H,32,40)(H,33,41)(H,35,36,37,38). The molecular weight excluding hydrogens is 540 g/mol. The molecule has 0 aliphatic rings. The first-order chi connectivity index (χ1) is 19.8. The van der Waals surface area contributed by atoms with E-state index in [9.17, 15) is 9.59 Å². The van der Waals surface area contributed by atoms with Gasteiger partial charge in [0.25, 0.3) is 0 Å². The van der Waals surface area contributed by atoms with Crippen molar-refractivity contribution in [3.63, 3.8) is 0 Å². The van der Waals surface area contributed by atoms with Crippen LogP contribution in [0.15, 0.2) is 48.5 Å². The van der Waals surface area contributed by atoms with Crippen molar-refractivity contribution in [1.29, 1.82) is 0 Å². The number of H-pyrrole nitrogens is 1. The minimum Gasteiger partial charge on any atom is -0.358 e. The van der Waals surface area contributed by atoms with E-state index in [2.05, 4.69) is 72.0 Å². The number of hydrogen-bond donors (Lipinski definition) is 3. The number of tetrazole rings is 1. The number of nitrogens with one attached hydrogen (secondary N) is 3. The topological polar surface area (TPSA) is 130 Å². The summed E-state index contributed by atoms with van der Waals surface area (Å²) in [5.41, 5.74) is 4.71. The summed E-state index contributed by atoms with van der Waals surface area (Å²) in [4.78, 5) is 30.1. The minimum absolute atomic E-state index is 0.179. The zero-order valence-corrected chi connectivity index (χ0v) is 24.7. The molecule has 1 atom stereocenters. The second kappa shape index (κ2) is 14.0. The van der Waals surface area contributed by atoms with Crippen molar-refractivity contribution in [2.75, 3.05) is 7.05 Å². The van der Waals surface area contributed by atoms with Crippen LogP contribution in [0.5, 0.6) is 0 Å². The molecule has 0 fully saturated rings. The van der Waals surface area contributed by atoms with Crippen molar-refractivity contribution in [1.82, 2.24) is 40.8 Å². The third-order valence-electron chi connectivity index (χ3n) is 6.99. The Bertz CT molecular complexity index is 1450. The first-order valence-electron chi connectivity index (χ1n) is 14.0. The number of hydrogen-bond acceptors (Lipinski definition) is 6. The summed E-state index contributed by atoms with van der Waals surface area (Å²) in [5.74, 6) is 0.231. The number of amides is 2. The van der Waals surface area contributed by atoms with Gasteiger partial charge in [-0.3, -0.25) is 9.59 Å². The Morgan fingerprint density at radius 2 is 1.78 bits per heavy atom. The van der Waals surface area contributed by atoms with Gasteiger partial charge in [0.2, 0.25) is 17.6 Å². The minimum atomic E-state index is -0.766. The summed E-state index contributed by atoms with van der Waals surface area (Å²) < 4.78 is 2.08. The Labute approximate surface area is 245 Å². The lowest BCUT2D eigenvalue weighted by molar-refractivity contribution is -0.135. The molecule has 0 radical (unpaired) electrons. The fourth-order valence-electron chi connectivity index (χ4n) is 4.84. The highest BCUT2D eigenvalue weighted by Gasteiger charge is 2.27. The molecule has 2 amide bonds. The molecule has 1 unspecified atom stereocenters. The van der Waals surface area contributed by atoms with Crippen LogP contribution in [-0.4, -0.2) is 49.0 Å². The van der Waals surface area contributed by atoms with Gasteiger partial charge in [-0.1, -0.05) is 87.3 Å². The first-order valence-corrected chi connectivity index (χ1v) is 14.3. The molecule has 0 aliphatic heterocycles. The second-order valence-electron chi connectivity index (χ2n) is 10.4. The molecule has 41 heavy (non-hydrogen) atoms. The third kappa shape index (κ3) is 7.38. The predicted octanol–water partition coefficient (Wildman–Crippen LogP) is 4.80. The molecule has 10 nitrogen and oxygen atoms in total. The molecule has 3 N–H and O–H groups in total. The van der Waals surface area contributed by atoms with Crippen molar-refractivity contribution >= 4 is 23.4 Å². The number of nitrogens with zero attached hydrogens (tertiary/aromatic N) is 5. The van der Waals surface area contributed by atoms with E-state index < -0.39 is 5.92 Å². The number of unbranched alkanes of at least 4 members (excludes halogenated alkanes) is 1. The molecule has 4 aromatic rings. The maximum Gasteiger partial charge on any atom is 0.232 e. The number of carbonyl (C=O) groups excluding carboxylic acids is 2. The monoisotopic (exact) mass is 576 g/mol. The molecular formula is C30H37ClN8O2. The summed E-state index contributed by atoms with van der Waals surface area (Å²) >= 11 is 6.62. The molecule has 11 heteroatoms. The highest BCUT2D eigenvalue weighted by atomic mass is 35.5. The van der Waals surface area contributed by atoms with Gasteiger partial charge in [0, 0.05) is 25.6 Å². The summed E-state index contributed by atoms with van der Waals surface area (Å²) in [6, 6.07) is 16.2. The number of aryl methyl sites for hydroxylation is 1. The van der Waals surface area contributed by atoms with Crippen LogP contribution in [-0.2, 0) is 29.1 Å². The fourth-order valence-corrected chi connectivity index (χ4v) is 5.10. The molecule has 0 saturated heterocycles. The molecule has 0 saturated carbocycles. The summed E-state index contributed by atoms with van der Waals surface area (Å²) in [7, 11) is 1.55. The van der Waals surface area contributed by atoms with E-state index in [0.717, 1.165) is 53.0 Å². The third-order valence-corrected chi connectivity index (χ3v) is 7.29. The maximum atomic E-state index is 13.0. The summed E-state index contributed by atoms with van der Waals surface area (Å²) in [6.45, 7) is 6.84. The Morgan fingerprint density at radius 1 is 1.05 bits per heavy atom. The van der Waals surface area contributed by atoms with Crippen LogP contribution in [0, 0.1) is 11.8 Å². The van der Waals surface area contributed by atoms with E-state index >= 15 is 0 Å². The quantitative estimate of drug-likeness (QED) is 0.196. The molecule has 0 spiro atoms. The van der Waals surface area contributed by atoms with Gasteiger partial charge in [-0.15, -0.1) is 10.2 Å². The average molecular weight is 577 g/mol. The van der Waals surface area contributed by atoms with Crippen LogP contribution in [0.4, 0.5) is 0 Å². The van der Waals surface area contributed by atoms with Gasteiger partial charge in [0.15, 0.2) is 5.15 Å². The van der Waals surface area contributed by atoms with Crippen LogP contribution >= 0.6 is 11.6 Å². The number of carbonyl (C=O) groups is 2. The van der Waals surface area contributed by atoms with Crippen molar-refractivity contribution in [3.05, 3.63) is 70.8 Å². The SMILES string of the molecule is CCCCc1nc(Cl)c(CNC(=O)C(CC(C)C)C(=O)NC)n1Cc1ccc(-c2ccccc2-c2nn[nH]n2)cc1. The number of rotatable bonds is 13. The molecule has 2 aromatic carbocycles. The van der Waals surface area contributed by atoms with Gasteiger partial charge in [-0.25, -0.2) is 4.98 Å². The Balaban J connectivity index is 1.57. The van der Waals surface area contributed by atoms with Gasteiger partial charge < -0.3 is 15.2 Å². The Hall–Kier alpha value is -4.05. The summed E-state index contributed by atoms with van der Waals surface area (Å²) in [5, 5.41) is 20.4. The highest BCUT2D eigenvalue weighted by molar-refractivity contribution is 6.30. The van der Waals surface area contributed by atoms with E-state index in [1.54, 1.807) is 7.05 Å². The van der Waals surface area contributed by atoms with Crippen LogP contribution in [0.3, 0.4) is 0 Å². The molecule has 4 rings (SSSR count). The molecule has 216 valence electrons. The van der Waals surface area contributed by atoms with Crippen LogP contribution in [0.25, 0.3) is 22.5 Å². The van der Waals surface area contributed by atoms with Crippen LogP contribution in [0.2, 0.25) is 5.15 Å². The highest BCUT2D eigenvalue weighted by Crippen LogP contribution is 2.30. The smallest absolute Gasteiger partial charge is 0.232 e. The molecule has 2 heterocycles. The molecule has 0 bridgehead atoms. The van der Waals surface area contributed by atoms with Crippen molar-refractivity contribution < 1.29 is 9.59 Å². The van der Waals surface area contributed by atoms with Crippen LogP contribution in [0.1, 0.15) is 57.1 Å². The van der Waals surface area contributed by atoms with Crippen molar-refractivity contribution in [2.24, 2.45) is 11.8 Å². The van der Waals surface area contributed by atoms with Gasteiger partial charge in [0.1, 0.15) is 11.7 Å².